The smallest absolute Gasteiger partial charge is 0.323 e. The SMILES string of the molecule is O=C(O)CN(c1ccn2nccc2n1)C1CCCC1. The van der Waals surface area contributed by atoms with E-state index in [0.29, 0.717) is 0 Å². The number of carboxylic acids is 1. The molecule has 0 unspecified atom stereocenters. The largest absolute Gasteiger partial charge is 0.480 e. The van der Waals surface area contributed by atoms with Crippen LogP contribution in [0.1, 0.15) is 25.7 Å². The summed E-state index contributed by atoms with van der Waals surface area (Å²) in [5.74, 6) is -0.0932. The molecule has 1 aliphatic carbocycles. The van der Waals surface area contributed by atoms with E-state index in [4.69, 9.17) is 5.11 Å². The van der Waals surface area contributed by atoms with Gasteiger partial charge in [0.05, 0.1) is 6.20 Å². The summed E-state index contributed by atoms with van der Waals surface area (Å²) in [7, 11) is 0. The summed E-state index contributed by atoms with van der Waals surface area (Å²) in [6.45, 7) is 0.00196. The number of rotatable bonds is 4. The minimum Gasteiger partial charge on any atom is -0.480 e. The van der Waals surface area contributed by atoms with Gasteiger partial charge in [-0.15, -0.1) is 0 Å². The molecule has 0 amide bonds. The molecule has 1 fully saturated rings. The van der Waals surface area contributed by atoms with Gasteiger partial charge in [-0.3, -0.25) is 4.79 Å². The Hall–Kier alpha value is -2.11. The van der Waals surface area contributed by atoms with Crippen molar-refractivity contribution in [3.05, 3.63) is 24.5 Å². The van der Waals surface area contributed by atoms with E-state index in [1.165, 1.54) is 0 Å². The number of anilines is 1. The van der Waals surface area contributed by atoms with Gasteiger partial charge >= 0.3 is 5.97 Å². The number of aliphatic carboxylic acids is 1. The fraction of sp³-hybridized carbons (Fsp3) is 0.462. The summed E-state index contributed by atoms with van der Waals surface area (Å²) in [5, 5.41) is 13.2. The van der Waals surface area contributed by atoms with Gasteiger partial charge in [0, 0.05) is 18.3 Å². The van der Waals surface area contributed by atoms with Crippen molar-refractivity contribution in [3.63, 3.8) is 0 Å². The number of hydrogen-bond donors (Lipinski definition) is 1. The highest BCUT2D eigenvalue weighted by molar-refractivity contribution is 5.73. The molecule has 19 heavy (non-hydrogen) atoms. The van der Waals surface area contributed by atoms with E-state index in [2.05, 4.69) is 10.1 Å². The molecule has 3 rings (SSSR count). The lowest BCUT2D eigenvalue weighted by Gasteiger charge is -2.28. The summed E-state index contributed by atoms with van der Waals surface area (Å²) in [4.78, 5) is 17.5. The number of hydrogen-bond acceptors (Lipinski definition) is 4. The average Bonchev–Trinajstić information content (AvgIpc) is 3.06. The predicted octanol–water partition coefficient (Wildman–Crippen LogP) is 1.56. The lowest BCUT2D eigenvalue weighted by Crippen LogP contribution is -2.38. The third kappa shape index (κ3) is 2.38. The van der Waals surface area contributed by atoms with E-state index >= 15 is 0 Å². The highest BCUT2D eigenvalue weighted by atomic mass is 16.4. The molecule has 1 saturated carbocycles. The lowest BCUT2D eigenvalue weighted by molar-refractivity contribution is -0.135. The quantitative estimate of drug-likeness (QED) is 0.903. The molecule has 0 atom stereocenters. The second-order valence-electron chi connectivity index (χ2n) is 4.88. The summed E-state index contributed by atoms with van der Waals surface area (Å²) in [5.41, 5.74) is 0.742. The Morgan fingerprint density at radius 1 is 1.42 bits per heavy atom. The topological polar surface area (TPSA) is 70.7 Å². The van der Waals surface area contributed by atoms with Crippen LogP contribution in [0.25, 0.3) is 5.65 Å². The fourth-order valence-electron chi connectivity index (χ4n) is 2.72. The van der Waals surface area contributed by atoms with Crippen LogP contribution in [0, 0.1) is 0 Å². The van der Waals surface area contributed by atoms with E-state index in [-0.39, 0.29) is 12.6 Å². The first-order valence-corrected chi connectivity index (χ1v) is 6.53. The summed E-state index contributed by atoms with van der Waals surface area (Å²) in [6.07, 6.45) is 7.91. The van der Waals surface area contributed by atoms with E-state index in [0.717, 1.165) is 37.1 Å². The molecule has 0 aromatic carbocycles. The minimum atomic E-state index is -0.818. The molecule has 2 heterocycles. The Labute approximate surface area is 110 Å². The molecule has 6 nitrogen and oxygen atoms in total. The van der Waals surface area contributed by atoms with Gasteiger partial charge in [-0.1, -0.05) is 12.8 Å². The zero-order valence-corrected chi connectivity index (χ0v) is 10.6. The van der Waals surface area contributed by atoms with Gasteiger partial charge in [0.25, 0.3) is 0 Å². The van der Waals surface area contributed by atoms with Crippen LogP contribution in [0.2, 0.25) is 0 Å². The Morgan fingerprint density at radius 2 is 2.21 bits per heavy atom. The number of carboxylic acid groups (broad SMARTS) is 1. The van der Waals surface area contributed by atoms with Crippen LogP contribution in [-0.2, 0) is 4.79 Å². The third-order valence-electron chi connectivity index (χ3n) is 3.61. The molecule has 1 aliphatic rings. The van der Waals surface area contributed by atoms with Gasteiger partial charge in [-0.2, -0.15) is 5.10 Å². The van der Waals surface area contributed by atoms with E-state index in [1.807, 2.05) is 23.2 Å². The first kappa shape index (κ1) is 12.0. The Bertz CT molecular complexity index is 589. The van der Waals surface area contributed by atoms with Crippen LogP contribution < -0.4 is 4.90 Å². The maximum absolute atomic E-state index is 11.1. The van der Waals surface area contributed by atoms with E-state index in [9.17, 15) is 4.79 Å². The molecule has 100 valence electrons. The maximum atomic E-state index is 11.1. The summed E-state index contributed by atoms with van der Waals surface area (Å²) >= 11 is 0. The lowest BCUT2D eigenvalue weighted by atomic mass is 10.2. The van der Waals surface area contributed by atoms with Crippen LogP contribution in [0.4, 0.5) is 5.82 Å². The number of fused-ring (bicyclic) bond motifs is 1. The van der Waals surface area contributed by atoms with Crippen molar-refractivity contribution < 1.29 is 9.90 Å². The van der Waals surface area contributed by atoms with Crippen molar-refractivity contribution in [1.29, 1.82) is 0 Å². The number of nitrogens with zero attached hydrogens (tertiary/aromatic N) is 4. The Balaban J connectivity index is 1.94. The second-order valence-corrected chi connectivity index (χ2v) is 4.88. The molecule has 1 N–H and O–H groups in total. The van der Waals surface area contributed by atoms with Gasteiger partial charge in [-0.25, -0.2) is 9.50 Å². The summed E-state index contributed by atoms with van der Waals surface area (Å²) < 4.78 is 1.68. The highest BCUT2D eigenvalue weighted by Gasteiger charge is 2.25. The minimum absolute atomic E-state index is 0.00196. The van der Waals surface area contributed by atoms with Crippen molar-refractivity contribution >= 4 is 17.4 Å². The molecule has 2 aromatic rings. The van der Waals surface area contributed by atoms with Crippen LogP contribution >= 0.6 is 0 Å². The average molecular weight is 260 g/mol. The van der Waals surface area contributed by atoms with Crippen molar-refractivity contribution in [2.75, 3.05) is 11.4 Å². The molecule has 6 heteroatoms. The normalized spacial score (nSPS) is 16.0. The maximum Gasteiger partial charge on any atom is 0.323 e. The Morgan fingerprint density at radius 3 is 2.95 bits per heavy atom. The number of aromatic nitrogens is 3. The first-order chi connectivity index (χ1) is 9.24. The van der Waals surface area contributed by atoms with Crippen molar-refractivity contribution in [3.8, 4) is 0 Å². The monoisotopic (exact) mass is 260 g/mol. The molecular weight excluding hydrogens is 244 g/mol. The molecule has 0 bridgehead atoms. The van der Waals surface area contributed by atoms with Crippen LogP contribution in [-0.4, -0.2) is 38.3 Å². The standard InChI is InChI=1S/C13H16N4O2/c18-13(19)9-16(10-3-1-2-4-10)11-6-8-17-12(15-11)5-7-14-17/h5-8,10H,1-4,9H2,(H,18,19). The van der Waals surface area contributed by atoms with Gasteiger partial charge in [0.2, 0.25) is 0 Å². The highest BCUT2D eigenvalue weighted by Crippen LogP contribution is 2.27. The van der Waals surface area contributed by atoms with Crippen LogP contribution in [0.15, 0.2) is 24.5 Å². The molecule has 0 spiro atoms. The van der Waals surface area contributed by atoms with Crippen molar-refractivity contribution in [2.24, 2.45) is 0 Å². The fourth-order valence-corrected chi connectivity index (χ4v) is 2.72. The van der Waals surface area contributed by atoms with Crippen molar-refractivity contribution in [1.82, 2.24) is 14.6 Å². The van der Waals surface area contributed by atoms with E-state index in [1.54, 1.807) is 10.7 Å². The van der Waals surface area contributed by atoms with Gasteiger partial charge in [-0.05, 0) is 18.9 Å². The molecule has 0 aliphatic heterocycles. The molecular formula is C13H16N4O2. The zero-order chi connectivity index (χ0) is 13.2. The van der Waals surface area contributed by atoms with E-state index < -0.39 is 5.97 Å². The Kier molecular flexibility index (Phi) is 3.06. The van der Waals surface area contributed by atoms with Gasteiger partial charge in [0.15, 0.2) is 5.65 Å². The third-order valence-corrected chi connectivity index (χ3v) is 3.61. The predicted molar refractivity (Wildman–Crippen MR) is 70.2 cm³/mol. The second kappa shape index (κ2) is 4.87. The van der Waals surface area contributed by atoms with Crippen LogP contribution in [0.3, 0.4) is 0 Å². The molecule has 2 aromatic heterocycles. The molecule has 0 radical (unpaired) electrons. The van der Waals surface area contributed by atoms with Gasteiger partial charge in [0.1, 0.15) is 12.4 Å². The van der Waals surface area contributed by atoms with Crippen LogP contribution in [0.5, 0.6) is 0 Å². The first-order valence-electron chi connectivity index (χ1n) is 6.53. The summed E-state index contributed by atoms with van der Waals surface area (Å²) in [6, 6.07) is 3.94. The van der Waals surface area contributed by atoms with Crippen molar-refractivity contribution in [2.45, 2.75) is 31.7 Å². The number of carbonyl (C=O) groups is 1. The molecule has 0 saturated heterocycles. The van der Waals surface area contributed by atoms with Gasteiger partial charge < -0.3 is 10.0 Å². The zero-order valence-electron chi connectivity index (χ0n) is 10.6.